The molecule has 8 nitrogen and oxygen atoms in total. The van der Waals surface area contributed by atoms with Crippen LogP contribution in [0.3, 0.4) is 0 Å². The van der Waals surface area contributed by atoms with Crippen LogP contribution in [0.15, 0.2) is 10.6 Å². The minimum atomic E-state index is -1.27. The van der Waals surface area contributed by atoms with Gasteiger partial charge in [0.1, 0.15) is 6.10 Å². The Morgan fingerprint density at radius 3 is 1.91 bits per heavy atom. The van der Waals surface area contributed by atoms with Crippen molar-refractivity contribution in [2.45, 2.75) is 45.5 Å². The van der Waals surface area contributed by atoms with E-state index in [1.54, 1.807) is 0 Å². The van der Waals surface area contributed by atoms with Gasteiger partial charge in [-0.2, -0.15) is 0 Å². The number of rotatable bonds is 4. The van der Waals surface area contributed by atoms with Gasteiger partial charge in [-0.25, -0.2) is 4.79 Å². The van der Waals surface area contributed by atoms with Crippen LogP contribution in [-0.4, -0.2) is 49.3 Å². The molecule has 0 saturated carbocycles. The first-order valence-electron chi connectivity index (χ1n) is 6.65. The molecule has 0 fully saturated rings. The van der Waals surface area contributed by atoms with Gasteiger partial charge in [0, 0.05) is 27.2 Å². The zero-order valence-corrected chi connectivity index (χ0v) is 13.8. The monoisotopic (exact) mass is 348 g/mol. The van der Waals surface area contributed by atoms with Crippen molar-refractivity contribution in [1.82, 2.24) is 0 Å². The maximum absolute atomic E-state index is 11.8. The summed E-state index contributed by atoms with van der Waals surface area (Å²) in [5.74, 6) is -2.81. The van der Waals surface area contributed by atoms with Gasteiger partial charge < -0.3 is 18.9 Å². The smallest absolute Gasteiger partial charge is 0.335 e. The number of methoxy groups -OCH3 is 1. The number of halogens is 1. The van der Waals surface area contributed by atoms with Gasteiger partial charge in [0.15, 0.2) is 12.2 Å². The normalized spacial score (nSPS) is 23.8. The number of hydrogen-bond donors (Lipinski definition) is 0. The predicted molar refractivity (Wildman–Crippen MR) is 76.2 cm³/mol. The van der Waals surface area contributed by atoms with Crippen LogP contribution >= 0.6 is 11.6 Å². The number of hydrogen-bond acceptors (Lipinski definition) is 8. The van der Waals surface area contributed by atoms with Crippen LogP contribution in [0.5, 0.6) is 0 Å². The highest BCUT2D eigenvalue weighted by Gasteiger charge is 2.46. The van der Waals surface area contributed by atoms with Crippen LogP contribution in [-0.2, 0) is 38.1 Å². The third-order valence-corrected chi connectivity index (χ3v) is 3.40. The summed E-state index contributed by atoms with van der Waals surface area (Å²) in [6.45, 7) is 3.43. The Balaban J connectivity index is 3.31. The van der Waals surface area contributed by atoms with E-state index in [0.29, 0.717) is 0 Å². The fraction of sp³-hybridized carbons (Fsp3) is 0.571. The molecule has 0 heterocycles. The summed E-state index contributed by atoms with van der Waals surface area (Å²) < 4.78 is 19.8. The van der Waals surface area contributed by atoms with E-state index in [4.69, 9.17) is 25.8 Å². The van der Waals surface area contributed by atoms with Gasteiger partial charge in [-0.05, 0) is 0 Å². The van der Waals surface area contributed by atoms with Crippen LogP contribution in [0.1, 0.15) is 27.2 Å². The van der Waals surface area contributed by atoms with Gasteiger partial charge in [-0.15, -0.1) is 0 Å². The Hall–Kier alpha value is -2.09. The highest BCUT2D eigenvalue weighted by Crippen LogP contribution is 2.35. The Morgan fingerprint density at radius 1 is 0.957 bits per heavy atom. The van der Waals surface area contributed by atoms with Gasteiger partial charge in [0.25, 0.3) is 0 Å². The molecular weight excluding hydrogens is 332 g/mol. The highest BCUT2D eigenvalue weighted by atomic mass is 35.5. The Labute approximate surface area is 137 Å². The molecule has 128 valence electrons. The molecule has 0 unspecified atom stereocenters. The molecule has 0 N–H and O–H groups in total. The molecule has 9 heteroatoms. The van der Waals surface area contributed by atoms with Crippen molar-refractivity contribution < 1.29 is 38.1 Å². The molecule has 0 bridgehead atoms. The summed E-state index contributed by atoms with van der Waals surface area (Å²) in [5.41, 5.74) is -0.0185. The summed E-state index contributed by atoms with van der Waals surface area (Å²) in [4.78, 5) is 45.7. The van der Waals surface area contributed by atoms with Gasteiger partial charge in [0.05, 0.1) is 17.7 Å². The summed E-state index contributed by atoms with van der Waals surface area (Å²) in [7, 11) is 1.15. The molecule has 0 aromatic carbocycles. The summed E-state index contributed by atoms with van der Waals surface area (Å²) in [5, 5.41) is -0.137. The van der Waals surface area contributed by atoms with Crippen molar-refractivity contribution in [3.63, 3.8) is 0 Å². The molecule has 3 atom stereocenters. The fourth-order valence-corrected chi connectivity index (χ4v) is 2.50. The lowest BCUT2D eigenvalue weighted by Crippen LogP contribution is -2.49. The molecule has 23 heavy (non-hydrogen) atoms. The predicted octanol–water partition coefficient (Wildman–Crippen LogP) is 0.851. The van der Waals surface area contributed by atoms with Crippen molar-refractivity contribution in [3.8, 4) is 0 Å². The van der Waals surface area contributed by atoms with E-state index < -0.39 is 42.2 Å². The third kappa shape index (κ3) is 4.95. The first-order valence-corrected chi connectivity index (χ1v) is 7.03. The lowest BCUT2D eigenvalue weighted by atomic mass is 9.91. The SMILES string of the molecule is COC(=O)C1=C(Cl)[C@@H](OC(C)=O)[C@@H](OC(C)=O)[C@H](OC(C)=O)C1. The first kappa shape index (κ1) is 19.0. The number of ether oxygens (including phenoxy) is 4. The lowest BCUT2D eigenvalue weighted by molar-refractivity contribution is -0.181. The van der Waals surface area contributed by atoms with E-state index in [1.165, 1.54) is 0 Å². The zero-order valence-electron chi connectivity index (χ0n) is 13.1. The standard InChI is InChI=1S/C14H17ClO8/c1-6(16)21-10-5-9(14(19)20-4)11(15)13(23-8(3)18)12(10)22-7(2)17/h10,12-13H,5H2,1-4H3/t10-,12+,13-/m1/s1. The van der Waals surface area contributed by atoms with Crippen molar-refractivity contribution in [2.75, 3.05) is 7.11 Å². The van der Waals surface area contributed by atoms with Crippen LogP contribution in [0.2, 0.25) is 0 Å². The number of esters is 4. The molecule has 1 aliphatic rings. The van der Waals surface area contributed by atoms with Crippen LogP contribution < -0.4 is 0 Å². The first-order chi connectivity index (χ1) is 10.7. The van der Waals surface area contributed by atoms with Crippen molar-refractivity contribution in [1.29, 1.82) is 0 Å². The molecular formula is C14H17ClO8. The topological polar surface area (TPSA) is 105 Å². The van der Waals surface area contributed by atoms with E-state index in [2.05, 4.69) is 4.74 Å². The Kier molecular flexibility index (Phi) is 6.56. The fourth-order valence-electron chi connectivity index (χ4n) is 2.18. The second-order valence-electron chi connectivity index (χ2n) is 4.77. The van der Waals surface area contributed by atoms with Crippen molar-refractivity contribution in [2.24, 2.45) is 0 Å². The summed E-state index contributed by atoms with van der Waals surface area (Å²) in [6.07, 6.45) is -3.62. The summed E-state index contributed by atoms with van der Waals surface area (Å²) in [6, 6.07) is 0. The largest absolute Gasteiger partial charge is 0.466 e. The molecule has 0 aromatic heterocycles. The second-order valence-corrected chi connectivity index (χ2v) is 5.18. The van der Waals surface area contributed by atoms with E-state index in [1.807, 2.05) is 0 Å². The quantitative estimate of drug-likeness (QED) is 0.544. The molecule has 1 aliphatic carbocycles. The van der Waals surface area contributed by atoms with Crippen molar-refractivity contribution in [3.05, 3.63) is 10.6 Å². The van der Waals surface area contributed by atoms with Gasteiger partial charge in [-0.1, -0.05) is 11.6 Å². The van der Waals surface area contributed by atoms with E-state index in [9.17, 15) is 19.2 Å². The minimum Gasteiger partial charge on any atom is -0.466 e. The average Bonchev–Trinajstić information content (AvgIpc) is 2.43. The van der Waals surface area contributed by atoms with Gasteiger partial charge in [-0.3, -0.25) is 14.4 Å². The lowest BCUT2D eigenvalue weighted by Gasteiger charge is -2.36. The van der Waals surface area contributed by atoms with E-state index in [-0.39, 0.29) is 17.0 Å². The maximum atomic E-state index is 11.8. The minimum absolute atomic E-state index is 0.0185. The van der Waals surface area contributed by atoms with Gasteiger partial charge in [0.2, 0.25) is 0 Å². The summed E-state index contributed by atoms with van der Waals surface area (Å²) >= 11 is 6.12. The average molecular weight is 349 g/mol. The van der Waals surface area contributed by atoms with Crippen LogP contribution in [0.4, 0.5) is 0 Å². The molecule has 0 spiro atoms. The van der Waals surface area contributed by atoms with E-state index in [0.717, 1.165) is 27.9 Å². The Bertz CT molecular complexity index is 553. The van der Waals surface area contributed by atoms with Crippen LogP contribution in [0.25, 0.3) is 0 Å². The number of carbonyl (C=O) groups excluding carboxylic acids is 4. The maximum Gasteiger partial charge on any atom is 0.335 e. The second kappa shape index (κ2) is 7.96. The molecule has 1 rings (SSSR count). The molecule has 0 saturated heterocycles. The third-order valence-electron chi connectivity index (χ3n) is 2.95. The zero-order chi connectivity index (χ0) is 17.7. The van der Waals surface area contributed by atoms with Gasteiger partial charge >= 0.3 is 23.9 Å². The van der Waals surface area contributed by atoms with Crippen molar-refractivity contribution >= 4 is 35.5 Å². The molecule has 0 amide bonds. The molecule has 0 aliphatic heterocycles. The van der Waals surface area contributed by atoms with Crippen LogP contribution in [0, 0.1) is 0 Å². The number of carbonyl (C=O) groups is 4. The molecule has 0 radical (unpaired) electrons. The van der Waals surface area contributed by atoms with E-state index >= 15 is 0 Å². The molecule has 0 aromatic rings. The Morgan fingerprint density at radius 2 is 1.48 bits per heavy atom. The highest BCUT2D eigenvalue weighted by molar-refractivity contribution is 6.32.